The van der Waals surface area contributed by atoms with Gasteiger partial charge >= 0.3 is 0 Å². The Kier molecular flexibility index (Phi) is 6.85. The van der Waals surface area contributed by atoms with Gasteiger partial charge in [-0.3, -0.25) is 9.59 Å². The van der Waals surface area contributed by atoms with E-state index in [1.165, 1.54) is 31.9 Å². The van der Waals surface area contributed by atoms with Gasteiger partial charge in [-0.05, 0) is 42.9 Å². The number of hydrogen-bond donors (Lipinski definition) is 1. The molecule has 1 atom stereocenters. The van der Waals surface area contributed by atoms with Crippen LogP contribution in [0.5, 0.6) is 0 Å². The highest BCUT2D eigenvalue weighted by Gasteiger charge is 2.26. The Labute approximate surface area is 151 Å². The number of piperidine rings is 1. The molecule has 1 aliphatic rings. The Morgan fingerprint density at radius 2 is 1.72 bits per heavy atom. The van der Waals surface area contributed by atoms with Crippen LogP contribution in [-0.2, 0) is 16.1 Å². The Hall–Kier alpha value is -2.04. The number of anilines is 1. The fourth-order valence-electron chi connectivity index (χ4n) is 3.29. The van der Waals surface area contributed by atoms with Gasteiger partial charge in [-0.1, -0.05) is 26.0 Å². The second-order valence-corrected chi connectivity index (χ2v) is 7.33. The van der Waals surface area contributed by atoms with Crippen molar-refractivity contribution in [2.24, 2.45) is 5.92 Å². The molecule has 0 spiro atoms. The molecule has 1 heterocycles. The first-order chi connectivity index (χ1) is 11.9. The van der Waals surface area contributed by atoms with Gasteiger partial charge < -0.3 is 15.1 Å². The van der Waals surface area contributed by atoms with Crippen molar-refractivity contribution in [3.8, 4) is 0 Å². The third-order valence-electron chi connectivity index (χ3n) is 4.75. The van der Waals surface area contributed by atoms with Crippen molar-refractivity contribution < 1.29 is 9.59 Å². The summed E-state index contributed by atoms with van der Waals surface area (Å²) in [4.78, 5) is 28.1. The number of nitrogens with one attached hydrogen (secondary N) is 1. The maximum absolute atomic E-state index is 12.6. The molecule has 0 saturated carbocycles. The molecule has 1 fully saturated rings. The third kappa shape index (κ3) is 5.48. The quantitative estimate of drug-likeness (QED) is 0.862. The lowest BCUT2D eigenvalue weighted by Crippen LogP contribution is -2.49. The van der Waals surface area contributed by atoms with Gasteiger partial charge in [0.25, 0.3) is 0 Å². The lowest BCUT2D eigenvalue weighted by molar-refractivity contribution is -0.136. The maximum Gasteiger partial charge on any atom is 0.245 e. The van der Waals surface area contributed by atoms with Crippen molar-refractivity contribution in [1.29, 1.82) is 0 Å². The molecule has 1 saturated heterocycles. The van der Waals surface area contributed by atoms with Crippen LogP contribution in [-0.4, -0.2) is 42.9 Å². The van der Waals surface area contributed by atoms with Crippen LogP contribution >= 0.6 is 0 Å². The van der Waals surface area contributed by atoms with Crippen molar-refractivity contribution in [3.05, 3.63) is 29.8 Å². The molecular weight excluding hydrogens is 314 g/mol. The summed E-state index contributed by atoms with van der Waals surface area (Å²) < 4.78 is 0. The Morgan fingerprint density at radius 1 is 1.12 bits per heavy atom. The molecular formula is C20H31N3O2. The van der Waals surface area contributed by atoms with Gasteiger partial charge in [-0.25, -0.2) is 0 Å². The number of hydrogen-bond acceptors (Lipinski definition) is 3. The Balaban J connectivity index is 1.97. The first kappa shape index (κ1) is 19.3. The summed E-state index contributed by atoms with van der Waals surface area (Å²) in [5.74, 6) is -0.169. The molecule has 1 N–H and O–H groups in total. The van der Waals surface area contributed by atoms with Gasteiger partial charge in [-0.15, -0.1) is 0 Å². The molecule has 0 radical (unpaired) electrons. The summed E-state index contributed by atoms with van der Waals surface area (Å²) in [6.07, 6.45) is 3.85. The van der Waals surface area contributed by atoms with Gasteiger partial charge in [0.1, 0.15) is 6.04 Å². The van der Waals surface area contributed by atoms with E-state index in [1.54, 1.807) is 11.9 Å². The number of benzene rings is 1. The molecule has 5 heteroatoms. The molecule has 2 amide bonds. The standard InChI is InChI=1S/C20H31N3O2/c1-15(2)19(21-16(3)24)20(25)22(4)14-17-8-10-18(11-9-17)23-12-6-5-7-13-23/h8-11,15,19H,5-7,12-14H2,1-4H3,(H,21,24). The highest BCUT2D eigenvalue weighted by molar-refractivity contribution is 5.86. The van der Waals surface area contributed by atoms with E-state index in [0.29, 0.717) is 6.54 Å². The molecule has 1 aromatic carbocycles. The van der Waals surface area contributed by atoms with Crippen LogP contribution < -0.4 is 10.2 Å². The summed E-state index contributed by atoms with van der Waals surface area (Å²) in [6.45, 7) is 8.14. The van der Waals surface area contributed by atoms with E-state index >= 15 is 0 Å². The van der Waals surface area contributed by atoms with Gasteiger partial charge in [0.15, 0.2) is 0 Å². The lowest BCUT2D eigenvalue weighted by atomic mass is 10.0. The summed E-state index contributed by atoms with van der Waals surface area (Å²) in [5.41, 5.74) is 2.36. The molecule has 0 bridgehead atoms. The average Bonchev–Trinajstić information content (AvgIpc) is 2.60. The second-order valence-electron chi connectivity index (χ2n) is 7.33. The van der Waals surface area contributed by atoms with E-state index in [-0.39, 0.29) is 17.7 Å². The number of rotatable bonds is 6. The van der Waals surface area contributed by atoms with Crippen LogP contribution in [0.25, 0.3) is 0 Å². The number of carbonyl (C=O) groups is 2. The first-order valence-electron chi connectivity index (χ1n) is 9.24. The summed E-state index contributed by atoms with van der Waals surface area (Å²) in [6, 6.07) is 8.00. The summed E-state index contributed by atoms with van der Waals surface area (Å²) >= 11 is 0. The molecule has 138 valence electrons. The summed E-state index contributed by atoms with van der Waals surface area (Å²) in [7, 11) is 1.79. The van der Waals surface area contributed by atoms with Gasteiger partial charge in [0.2, 0.25) is 11.8 Å². The van der Waals surface area contributed by atoms with Gasteiger partial charge in [-0.2, -0.15) is 0 Å². The van der Waals surface area contributed by atoms with Gasteiger partial charge in [0, 0.05) is 39.3 Å². The predicted molar refractivity (Wildman–Crippen MR) is 101 cm³/mol. The van der Waals surface area contributed by atoms with Crippen LogP contribution in [0.4, 0.5) is 5.69 Å². The van der Waals surface area contributed by atoms with Crippen molar-refractivity contribution >= 4 is 17.5 Å². The number of likely N-dealkylation sites (N-methyl/N-ethyl adjacent to an activating group) is 1. The number of carbonyl (C=O) groups excluding carboxylic acids is 2. The topological polar surface area (TPSA) is 52.7 Å². The van der Waals surface area contributed by atoms with E-state index in [0.717, 1.165) is 18.7 Å². The molecule has 25 heavy (non-hydrogen) atoms. The fraction of sp³-hybridized carbons (Fsp3) is 0.600. The van der Waals surface area contributed by atoms with Crippen LogP contribution in [0, 0.1) is 5.92 Å². The average molecular weight is 345 g/mol. The number of nitrogens with zero attached hydrogens (tertiary/aromatic N) is 2. The largest absolute Gasteiger partial charge is 0.372 e. The van der Waals surface area contributed by atoms with E-state index < -0.39 is 6.04 Å². The highest BCUT2D eigenvalue weighted by Crippen LogP contribution is 2.20. The third-order valence-corrected chi connectivity index (χ3v) is 4.75. The van der Waals surface area contributed by atoms with Crippen LogP contribution in [0.3, 0.4) is 0 Å². The van der Waals surface area contributed by atoms with Crippen molar-refractivity contribution in [2.45, 2.75) is 52.6 Å². The van der Waals surface area contributed by atoms with Crippen molar-refractivity contribution in [3.63, 3.8) is 0 Å². The minimum atomic E-state index is -0.477. The monoisotopic (exact) mass is 345 g/mol. The smallest absolute Gasteiger partial charge is 0.245 e. The zero-order chi connectivity index (χ0) is 18.4. The van der Waals surface area contributed by atoms with Crippen molar-refractivity contribution in [1.82, 2.24) is 10.2 Å². The normalized spacial score (nSPS) is 15.8. The molecule has 1 unspecified atom stereocenters. The lowest BCUT2D eigenvalue weighted by Gasteiger charge is -2.29. The molecule has 2 rings (SSSR count). The first-order valence-corrected chi connectivity index (χ1v) is 9.24. The molecule has 0 aliphatic carbocycles. The number of amides is 2. The predicted octanol–water partition coefficient (Wildman–Crippen LogP) is 2.80. The van der Waals surface area contributed by atoms with E-state index in [4.69, 9.17) is 0 Å². The Bertz CT molecular complexity index is 577. The van der Waals surface area contributed by atoms with E-state index in [1.807, 2.05) is 13.8 Å². The molecule has 5 nitrogen and oxygen atoms in total. The van der Waals surface area contributed by atoms with Crippen LogP contribution in [0.2, 0.25) is 0 Å². The van der Waals surface area contributed by atoms with E-state index in [9.17, 15) is 9.59 Å². The fourth-order valence-corrected chi connectivity index (χ4v) is 3.29. The SMILES string of the molecule is CC(=O)NC(C(=O)N(C)Cc1ccc(N2CCCCC2)cc1)C(C)C. The second kappa shape index (κ2) is 8.88. The van der Waals surface area contributed by atoms with Crippen LogP contribution in [0.1, 0.15) is 45.6 Å². The zero-order valence-corrected chi connectivity index (χ0v) is 15.9. The Morgan fingerprint density at radius 3 is 2.24 bits per heavy atom. The molecule has 0 aromatic heterocycles. The minimum absolute atomic E-state index is 0.0506. The van der Waals surface area contributed by atoms with Crippen LogP contribution in [0.15, 0.2) is 24.3 Å². The minimum Gasteiger partial charge on any atom is -0.372 e. The maximum atomic E-state index is 12.6. The zero-order valence-electron chi connectivity index (χ0n) is 15.9. The van der Waals surface area contributed by atoms with E-state index in [2.05, 4.69) is 34.5 Å². The van der Waals surface area contributed by atoms with Crippen molar-refractivity contribution in [2.75, 3.05) is 25.0 Å². The molecule has 1 aliphatic heterocycles. The van der Waals surface area contributed by atoms with Gasteiger partial charge in [0.05, 0.1) is 0 Å². The highest BCUT2D eigenvalue weighted by atomic mass is 16.2. The summed E-state index contributed by atoms with van der Waals surface area (Å²) in [5, 5.41) is 2.76. The molecule has 1 aromatic rings.